The number of Topliss-reactive ketones (excluding diaryl/α,β-unsaturated/α-hetero) is 1. The highest BCUT2D eigenvalue weighted by Gasteiger charge is 2.22. The van der Waals surface area contributed by atoms with E-state index in [1.54, 1.807) is 6.07 Å². The molecule has 8 heteroatoms. The lowest BCUT2D eigenvalue weighted by Crippen LogP contribution is -2.36. The molecule has 0 aliphatic carbocycles. The molecule has 3 heterocycles. The first-order chi connectivity index (χ1) is 16.0. The van der Waals surface area contributed by atoms with Gasteiger partial charge in [0.05, 0.1) is 17.9 Å². The predicted octanol–water partition coefficient (Wildman–Crippen LogP) is 5.37. The predicted molar refractivity (Wildman–Crippen MR) is 130 cm³/mol. The van der Waals surface area contributed by atoms with Gasteiger partial charge in [0.1, 0.15) is 11.6 Å². The second kappa shape index (κ2) is 8.83. The third-order valence-corrected chi connectivity index (χ3v) is 6.23. The van der Waals surface area contributed by atoms with Gasteiger partial charge in [0.15, 0.2) is 5.78 Å². The van der Waals surface area contributed by atoms with Gasteiger partial charge in [0.25, 0.3) is 0 Å². The lowest BCUT2D eigenvalue weighted by atomic mass is 10.0. The van der Waals surface area contributed by atoms with E-state index in [9.17, 15) is 9.18 Å². The minimum absolute atomic E-state index is 0.190. The summed E-state index contributed by atoms with van der Waals surface area (Å²) in [5, 5.41) is 7.21. The van der Waals surface area contributed by atoms with Crippen molar-refractivity contribution in [1.82, 2.24) is 9.97 Å². The number of nitrogens with zero attached hydrogens (tertiary/aromatic N) is 3. The second-order valence-corrected chi connectivity index (χ2v) is 8.71. The van der Waals surface area contributed by atoms with Crippen molar-refractivity contribution in [3.63, 3.8) is 0 Å². The molecule has 6 nitrogen and oxygen atoms in total. The minimum Gasteiger partial charge on any atom is -0.381 e. The van der Waals surface area contributed by atoms with Crippen LogP contribution in [0.5, 0.6) is 0 Å². The molecule has 1 fully saturated rings. The summed E-state index contributed by atoms with van der Waals surface area (Å²) in [5.41, 5.74) is 4.76. The topological polar surface area (TPSA) is 70.2 Å². The molecule has 0 bridgehead atoms. The molecule has 2 aliphatic heterocycles. The fourth-order valence-corrected chi connectivity index (χ4v) is 4.43. The Kier molecular flexibility index (Phi) is 5.72. The Bertz CT molecular complexity index is 1280. The van der Waals surface area contributed by atoms with E-state index in [1.165, 1.54) is 12.1 Å². The van der Waals surface area contributed by atoms with E-state index in [2.05, 4.69) is 10.6 Å². The maximum absolute atomic E-state index is 14.0. The van der Waals surface area contributed by atoms with Gasteiger partial charge in [-0.05, 0) is 43.2 Å². The maximum atomic E-state index is 14.0. The number of ketones is 1. The molecule has 2 aromatic carbocycles. The zero-order valence-corrected chi connectivity index (χ0v) is 18.9. The van der Waals surface area contributed by atoms with Crippen LogP contribution >= 0.6 is 11.6 Å². The fraction of sp³-hybridized carbons (Fsp3) is 0.240. The second-order valence-electron chi connectivity index (χ2n) is 8.30. The molecule has 3 aromatic rings. The van der Waals surface area contributed by atoms with Gasteiger partial charge in [-0.1, -0.05) is 29.8 Å². The Balaban J connectivity index is 1.59. The number of carbonyl (C=O) groups is 1. The van der Waals surface area contributed by atoms with Crippen LogP contribution in [-0.4, -0.2) is 35.4 Å². The van der Waals surface area contributed by atoms with E-state index in [4.69, 9.17) is 21.6 Å². The molecule has 2 aliphatic rings. The van der Waals surface area contributed by atoms with Gasteiger partial charge >= 0.3 is 0 Å². The first kappa shape index (κ1) is 21.4. The van der Waals surface area contributed by atoms with Crippen LogP contribution in [0, 0.1) is 5.82 Å². The van der Waals surface area contributed by atoms with Crippen LogP contribution in [0.25, 0.3) is 17.0 Å². The maximum Gasteiger partial charge on any atom is 0.229 e. The zero-order chi connectivity index (χ0) is 22.9. The Labute approximate surface area is 196 Å². The molecule has 0 saturated carbocycles. The molecule has 0 unspecified atom stereocenters. The number of halogens is 2. The number of benzene rings is 2. The standard InChI is InChI=1S/C25H23ClFN5O/c1-15-13-28-21-9-8-16(27)11-19(21)24(15)31-25-29-22(18-6-2-3-7-20(18)26)12-23(30-25)32-10-4-5-17(33)14-32/h2-3,6-9,11-12,28H,4-5,10,13-14H2,1H3,(H,29,30,31). The molecule has 33 heavy (non-hydrogen) atoms. The highest BCUT2D eigenvalue weighted by atomic mass is 35.5. The molecule has 0 radical (unpaired) electrons. The van der Waals surface area contributed by atoms with E-state index < -0.39 is 0 Å². The monoisotopic (exact) mass is 463 g/mol. The molecule has 0 amide bonds. The van der Waals surface area contributed by atoms with Crippen LogP contribution in [0.1, 0.15) is 25.3 Å². The summed E-state index contributed by atoms with van der Waals surface area (Å²) >= 11 is 6.46. The Morgan fingerprint density at radius 3 is 2.79 bits per heavy atom. The number of hydrogen-bond acceptors (Lipinski definition) is 6. The number of fused-ring (bicyclic) bond motifs is 1. The fourth-order valence-electron chi connectivity index (χ4n) is 4.20. The van der Waals surface area contributed by atoms with Crippen LogP contribution < -0.4 is 15.5 Å². The molecule has 5 rings (SSSR count). The van der Waals surface area contributed by atoms with E-state index in [1.807, 2.05) is 42.2 Å². The van der Waals surface area contributed by atoms with Crippen molar-refractivity contribution in [1.29, 1.82) is 0 Å². The van der Waals surface area contributed by atoms with Crippen molar-refractivity contribution < 1.29 is 9.18 Å². The highest BCUT2D eigenvalue weighted by Crippen LogP contribution is 2.34. The van der Waals surface area contributed by atoms with Crippen LogP contribution in [0.3, 0.4) is 0 Å². The van der Waals surface area contributed by atoms with Gasteiger partial charge in [-0.2, -0.15) is 4.98 Å². The quantitative estimate of drug-likeness (QED) is 0.541. The van der Waals surface area contributed by atoms with Gasteiger partial charge in [-0.15, -0.1) is 0 Å². The number of rotatable bonds is 4. The smallest absolute Gasteiger partial charge is 0.229 e. The highest BCUT2D eigenvalue weighted by molar-refractivity contribution is 6.33. The third-order valence-electron chi connectivity index (χ3n) is 5.90. The number of nitrogens with one attached hydrogen (secondary N) is 2. The number of carbonyl (C=O) groups excluding carboxylic acids is 1. The van der Waals surface area contributed by atoms with Crippen molar-refractivity contribution in [2.45, 2.75) is 19.8 Å². The van der Waals surface area contributed by atoms with Crippen molar-refractivity contribution in [3.05, 3.63) is 70.5 Å². The van der Waals surface area contributed by atoms with Gasteiger partial charge in [-0.25, -0.2) is 9.37 Å². The molecular formula is C25H23ClFN5O. The van der Waals surface area contributed by atoms with Gasteiger partial charge < -0.3 is 15.5 Å². The Morgan fingerprint density at radius 2 is 1.97 bits per heavy atom. The molecule has 2 N–H and O–H groups in total. The number of aromatic nitrogens is 2. The van der Waals surface area contributed by atoms with E-state index in [0.717, 1.165) is 41.1 Å². The largest absolute Gasteiger partial charge is 0.381 e. The van der Waals surface area contributed by atoms with E-state index in [-0.39, 0.29) is 11.6 Å². The van der Waals surface area contributed by atoms with E-state index >= 15 is 0 Å². The summed E-state index contributed by atoms with van der Waals surface area (Å²) in [4.78, 5) is 23.5. The normalized spacial score (nSPS) is 15.8. The van der Waals surface area contributed by atoms with Gasteiger partial charge in [-0.3, -0.25) is 4.79 Å². The molecule has 168 valence electrons. The van der Waals surface area contributed by atoms with E-state index in [0.29, 0.717) is 42.0 Å². The number of hydrogen-bond donors (Lipinski definition) is 2. The molecular weight excluding hydrogens is 441 g/mol. The van der Waals surface area contributed by atoms with Gasteiger partial charge in [0.2, 0.25) is 5.95 Å². The van der Waals surface area contributed by atoms with Crippen molar-refractivity contribution in [2.24, 2.45) is 0 Å². The van der Waals surface area contributed by atoms with Crippen molar-refractivity contribution >= 4 is 40.5 Å². The summed E-state index contributed by atoms with van der Waals surface area (Å²) < 4.78 is 14.0. The summed E-state index contributed by atoms with van der Waals surface area (Å²) in [5.74, 6) is 0.895. The van der Waals surface area contributed by atoms with Crippen LogP contribution in [0.2, 0.25) is 5.02 Å². The minimum atomic E-state index is -0.317. The summed E-state index contributed by atoms with van der Waals surface area (Å²) in [6, 6.07) is 14.0. The Hall–Kier alpha value is -3.45. The molecule has 1 aromatic heterocycles. The van der Waals surface area contributed by atoms with Crippen molar-refractivity contribution in [2.75, 3.05) is 35.2 Å². The Morgan fingerprint density at radius 1 is 1.12 bits per heavy atom. The lowest BCUT2D eigenvalue weighted by Gasteiger charge is -2.28. The lowest BCUT2D eigenvalue weighted by molar-refractivity contribution is -0.118. The molecule has 0 spiro atoms. The van der Waals surface area contributed by atoms with Crippen molar-refractivity contribution in [3.8, 4) is 11.3 Å². The summed E-state index contributed by atoms with van der Waals surface area (Å²) in [6.45, 7) is 3.66. The zero-order valence-electron chi connectivity index (χ0n) is 18.2. The summed E-state index contributed by atoms with van der Waals surface area (Å²) in [7, 11) is 0. The van der Waals surface area contributed by atoms with Crippen LogP contribution in [0.15, 0.2) is 54.1 Å². The SMILES string of the molecule is CC1=C(Nc2nc(-c3ccccc3Cl)cc(N3CCCC(=O)C3)n2)c2cc(F)ccc2NC1. The molecule has 0 atom stereocenters. The number of piperidine rings is 1. The van der Waals surface area contributed by atoms with Crippen LogP contribution in [-0.2, 0) is 4.79 Å². The first-order valence-corrected chi connectivity index (χ1v) is 11.3. The molecule has 1 saturated heterocycles. The number of anilines is 3. The van der Waals surface area contributed by atoms with Gasteiger partial charge in [0, 0.05) is 47.4 Å². The summed E-state index contributed by atoms with van der Waals surface area (Å²) in [6.07, 6.45) is 1.38. The van der Waals surface area contributed by atoms with Crippen LogP contribution in [0.4, 0.5) is 21.8 Å². The first-order valence-electron chi connectivity index (χ1n) is 10.9. The average Bonchev–Trinajstić information content (AvgIpc) is 2.81. The average molecular weight is 464 g/mol. The third kappa shape index (κ3) is 4.41.